The fourth-order valence-corrected chi connectivity index (χ4v) is 3.87. The molecule has 1 aromatic carbocycles. The lowest BCUT2D eigenvalue weighted by molar-refractivity contribution is 0.0653. The van der Waals surface area contributed by atoms with Gasteiger partial charge in [-0.25, -0.2) is 4.98 Å². The third kappa shape index (κ3) is 5.15. The van der Waals surface area contributed by atoms with Gasteiger partial charge in [0.05, 0.1) is 22.9 Å². The number of fused-ring (bicyclic) bond motifs is 1. The van der Waals surface area contributed by atoms with Crippen molar-refractivity contribution in [2.45, 2.75) is 33.1 Å². The second kappa shape index (κ2) is 10.2. The van der Waals surface area contributed by atoms with Crippen molar-refractivity contribution in [1.29, 1.82) is 0 Å². The van der Waals surface area contributed by atoms with Gasteiger partial charge in [-0.1, -0.05) is 42.2 Å². The number of aryl methyl sites for hydroxylation is 1. The summed E-state index contributed by atoms with van der Waals surface area (Å²) in [7, 11) is 0. The van der Waals surface area contributed by atoms with Crippen molar-refractivity contribution in [1.82, 2.24) is 25.1 Å². The topological polar surface area (TPSA) is 113 Å². The molecule has 3 heterocycles. The first-order chi connectivity index (χ1) is 16.1. The van der Waals surface area contributed by atoms with Gasteiger partial charge in [0, 0.05) is 19.5 Å². The molecule has 1 aliphatic rings. The molecule has 0 spiro atoms. The van der Waals surface area contributed by atoms with Crippen LogP contribution in [0.2, 0.25) is 0 Å². The van der Waals surface area contributed by atoms with Crippen molar-refractivity contribution >= 4 is 40.0 Å². The smallest absolute Gasteiger partial charge is 0.261 e. The Hall–Kier alpha value is -3.84. The summed E-state index contributed by atoms with van der Waals surface area (Å²) in [6.07, 6.45) is 3.73. The van der Waals surface area contributed by atoms with Crippen LogP contribution in [0.1, 0.15) is 57.5 Å². The molecule has 1 aliphatic heterocycles. The van der Waals surface area contributed by atoms with E-state index in [1.807, 2.05) is 6.92 Å². The second-order valence-electron chi connectivity index (χ2n) is 7.35. The Kier molecular flexibility index (Phi) is 6.90. The van der Waals surface area contributed by atoms with Gasteiger partial charge < -0.3 is 5.32 Å². The number of amides is 2. The number of carbonyl (C=O) groups excluding carboxylic acids is 2. The summed E-state index contributed by atoms with van der Waals surface area (Å²) in [4.78, 5) is 35.0. The number of carbonyl (C=O) groups is 2. The Morgan fingerprint density at radius 3 is 2.55 bits per heavy atom. The summed E-state index contributed by atoms with van der Waals surface area (Å²) in [5, 5.41) is 15.8. The molecule has 2 aromatic heterocycles. The third-order valence-electron chi connectivity index (χ3n) is 4.86. The highest BCUT2D eigenvalue weighted by Crippen LogP contribution is 2.23. The van der Waals surface area contributed by atoms with Crippen LogP contribution in [0.4, 0.5) is 16.9 Å². The second-order valence-corrected chi connectivity index (χ2v) is 8.53. The van der Waals surface area contributed by atoms with E-state index in [1.54, 1.807) is 30.5 Å². The first-order valence-corrected chi connectivity index (χ1v) is 11.5. The highest BCUT2D eigenvalue weighted by molar-refractivity contribution is 7.15. The van der Waals surface area contributed by atoms with Crippen LogP contribution in [0.25, 0.3) is 0 Å². The molecule has 0 saturated carbocycles. The van der Waals surface area contributed by atoms with Crippen molar-refractivity contribution in [2.24, 2.45) is 0 Å². The molecule has 0 saturated heterocycles. The van der Waals surface area contributed by atoms with Crippen LogP contribution in [0.3, 0.4) is 0 Å². The zero-order valence-electron chi connectivity index (χ0n) is 18.4. The fourth-order valence-electron chi connectivity index (χ4n) is 3.28. The summed E-state index contributed by atoms with van der Waals surface area (Å²) in [6.45, 7) is 5.04. The average molecular weight is 462 g/mol. The molecule has 0 aliphatic carbocycles. The highest BCUT2D eigenvalue weighted by Gasteiger charge is 2.34. The van der Waals surface area contributed by atoms with Crippen LogP contribution >= 0.6 is 11.3 Å². The summed E-state index contributed by atoms with van der Waals surface area (Å²) >= 11 is 1.42. The van der Waals surface area contributed by atoms with Gasteiger partial charge in [0.15, 0.2) is 0 Å². The van der Waals surface area contributed by atoms with E-state index in [-0.39, 0.29) is 11.8 Å². The lowest BCUT2D eigenvalue weighted by atomic mass is 10.1. The van der Waals surface area contributed by atoms with E-state index in [0.29, 0.717) is 53.0 Å². The maximum Gasteiger partial charge on any atom is 0.261 e. The monoisotopic (exact) mass is 461 g/mol. The van der Waals surface area contributed by atoms with Crippen molar-refractivity contribution in [2.75, 3.05) is 23.7 Å². The number of benzene rings is 1. The normalized spacial score (nSPS) is 12.4. The lowest BCUT2D eigenvalue weighted by Crippen LogP contribution is -2.30. The lowest BCUT2D eigenvalue weighted by Gasteiger charge is -2.12. The van der Waals surface area contributed by atoms with Crippen molar-refractivity contribution in [3.63, 3.8) is 0 Å². The van der Waals surface area contributed by atoms with Crippen molar-refractivity contribution in [3.05, 3.63) is 52.2 Å². The molecule has 2 amide bonds. The van der Waals surface area contributed by atoms with Gasteiger partial charge in [0.1, 0.15) is 10.8 Å². The largest absolute Gasteiger partial charge is 0.369 e. The fraction of sp³-hybridized carbons (Fsp3) is 0.304. The Balaban J connectivity index is 1.38. The van der Waals surface area contributed by atoms with Crippen LogP contribution in [-0.2, 0) is 0 Å². The third-order valence-corrected chi connectivity index (χ3v) is 5.61. The molecule has 9 nitrogen and oxygen atoms in total. The first kappa shape index (κ1) is 22.4. The summed E-state index contributed by atoms with van der Waals surface area (Å²) in [6, 6.07) is 6.90. The number of rotatable bonds is 8. The molecular weight excluding hydrogens is 438 g/mol. The van der Waals surface area contributed by atoms with Gasteiger partial charge in [-0.05, 0) is 31.9 Å². The van der Waals surface area contributed by atoms with Crippen LogP contribution in [0, 0.1) is 18.8 Å². The van der Waals surface area contributed by atoms with E-state index in [9.17, 15) is 9.59 Å². The standard InChI is InChI=1S/C23H23N7O2S/c1-3-12-24-19-16(14-25-22(26-19)27-23-29-28-15(2)33-23)9-5-4-8-13-30-20(31)17-10-6-7-11-18(17)21(30)32/h6-7,10-11,14H,3-4,8,12-13H2,1-2H3,(H2,24,25,26,27,29). The first-order valence-electron chi connectivity index (χ1n) is 10.7. The van der Waals surface area contributed by atoms with Crippen LogP contribution in [-0.4, -0.2) is 50.0 Å². The predicted molar refractivity (Wildman–Crippen MR) is 127 cm³/mol. The molecule has 2 N–H and O–H groups in total. The number of nitrogens with zero attached hydrogens (tertiary/aromatic N) is 5. The number of unbranched alkanes of at least 4 members (excludes halogenated alkanes) is 1. The molecule has 3 aromatic rings. The zero-order valence-corrected chi connectivity index (χ0v) is 19.2. The number of anilines is 3. The molecule has 0 radical (unpaired) electrons. The molecule has 0 bridgehead atoms. The quantitative estimate of drug-likeness (QED) is 0.297. The molecule has 0 atom stereocenters. The molecule has 0 fully saturated rings. The van der Waals surface area contributed by atoms with Gasteiger partial charge in [0.25, 0.3) is 11.8 Å². The van der Waals surface area contributed by atoms with Crippen LogP contribution in [0.15, 0.2) is 30.5 Å². The Labute approximate surface area is 195 Å². The van der Waals surface area contributed by atoms with E-state index in [2.05, 4.69) is 49.6 Å². The van der Waals surface area contributed by atoms with Gasteiger partial charge in [-0.2, -0.15) is 4.98 Å². The Morgan fingerprint density at radius 1 is 1.12 bits per heavy atom. The minimum Gasteiger partial charge on any atom is -0.369 e. The van der Waals surface area contributed by atoms with Gasteiger partial charge >= 0.3 is 0 Å². The predicted octanol–water partition coefficient (Wildman–Crippen LogP) is 3.63. The van der Waals surface area contributed by atoms with Crippen molar-refractivity contribution in [3.8, 4) is 11.8 Å². The van der Waals surface area contributed by atoms with Gasteiger partial charge in [0.2, 0.25) is 11.1 Å². The highest BCUT2D eigenvalue weighted by atomic mass is 32.1. The van der Waals surface area contributed by atoms with Gasteiger partial charge in [-0.3, -0.25) is 19.8 Å². The zero-order chi connectivity index (χ0) is 23.2. The minimum atomic E-state index is -0.239. The van der Waals surface area contributed by atoms with E-state index in [4.69, 9.17) is 0 Å². The van der Waals surface area contributed by atoms with E-state index < -0.39 is 0 Å². The van der Waals surface area contributed by atoms with E-state index in [0.717, 1.165) is 18.0 Å². The SMILES string of the molecule is CCCNc1nc(Nc2nnc(C)s2)ncc1C#CCCCN1C(=O)c2ccccc2C1=O. The maximum absolute atomic E-state index is 12.4. The molecule has 4 rings (SSSR count). The minimum absolute atomic E-state index is 0.239. The summed E-state index contributed by atoms with van der Waals surface area (Å²) in [5.41, 5.74) is 1.62. The molecule has 33 heavy (non-hydrogen) atoms. The van der Waals surface area contributed by atoms with Gasteiger partial charge in [-0.15, -0.1) is 10.2 Å². The number of hydrogen-bond acceptors (Lipinski definition) is 9. The molecular formula is C23H23N7O2S. The molecule has 0 unspecified atom stereocenters. The van der Waals surface area contributed by atoms with Crippen molar-refractivity contribution < 1.29 is 9.59 Å². The Morgan fingerprint density at radius 2 is 1.88 bits per heavy atom. The number of imide groups is 1. The number of aromatic nitrogens is 4. The summed E-state index contributed by atoms with van der Waals surface area (Å²) in [5.74, 6) is 6.79. The average Bonchev–Trinajstić information content (AvgIpc) is 3.34. The molecule has 168 valence electrons. The maximum atomic E-state index is 12.4. The molecule has 10 heteroatoms. The Bertz CT molecular complexity index is 1210. The van der Waals surface area contributed by atoms with Crippen LogP contribution < -0.4 is 10.6 Å². The summed E-state index contributed by atoms with van der Waals surface area (Å²) < 4.78 is 0. The number of hydrogen-bond donors (Lipinski definition) is 2. The van der Waals surface area contributed by atoms with E-state index >= 15 is 0 Å². The van der Waals surface area contributed by atoms with Crippen LogP contribution in [0.5, 0.6) is 0 Å². The number of nitrogens with one attached hydrogen (secondary N) is 2. The van der Waals surface area contributed by atoms with E-state index in [1.165, 1.54) is 16.2 Å².